The summed E-state index contributed by atoms with van der Waals surface area (Å²) in [6.45, 7) is 3.16. The van der Waals surface area contributed by atoms with Crippen LogP contribution in [0.5, 0.6) is 0 Å². The number of sulfone groups is 1. The van der Waals surface area contributed by atoms with Crippen LogP contribution in [0.3, 0.4) is 0 Å². The van der Waals surface area contributed by atoms with Gasteiger partial charge in [-0.25, -0.2) is 8.42 Å². The molecule has 0 heterocycles. The van der Waals surface area contributed by atoms with Crippen molar-refractivity contribution >= 4 is 9.84 Å². The van der Waals surface area contributed by atoms with Crippen molar-refractivity contribution in [2.45, 2.75) is 26.1 Å². The Labute approximate surface area is 109 Å². The average Bonchev–Trinajstić information content (AvgIpc) is 2.26. The molecular formula is C13H21NO3S. The standard InChI is InChI=1S/C13H21NO3S/c1-11(10-18(3,15)16)14-8-12-4-6-13(7-5-12)9-17-2/h4-7,11,14H,8-10H2,1-3H3. The van der Waals surface area contributed by atoms with Gasteiger partial charge in [-0.1, -0.05) is 24.3 Å². The van der Waals surface area contributed by atoms with Crippen molar-refractivity contribution in [3.8, 4) is 0 Å². The molecule has 102 valence electrons. The SMILES string of the molecule is COCc1ccc(CNC(C)CS(C)(=O)=O)cc1. The molecule has 0 spiro atoms. The highest BCUT2D eigenvalue weighted by atomic mass is 32.2. The van der Waals surface area contributed by atoms with E-state index < -0.39 is 9.84 Å². The average molecular weight is 271 g/mol. The molecule has 0 saturated carbocycles. The summed E-state index contributed by atoms with van der Waals surface area (Å²) in [5, 5.41) is 3.20. The van der Waals surface area contributed by atoms with Crippen LogP contribution in [0.4, 0.5) is 0 Å². The van der Waals surface area contributed by atoms with E-state index in [0.717, 1.165) is 11.1 Å². The van der Waals surface area contributed by atoms with Gasteiger partial charge in [-0.05, 0) is 18.1 Å². The van der Waals surface area contributed by atoms with E-state index in [1.807, 2.05) is 31.2 Å². The number of nitrogens with one attached hydrogen (secondary N) is 1. The number of methoxy groups -OCH3 is 1. The topological polar surface area (TPSA) is 55.4 Å². The van der Waals surface area contributed by atoms with Crippen molar-refractivity contribution in [3.05, 3.63) is 35.4 Å². The molecule has 0 saturated heterocycles. The molecule has 0 amide bonds. The molecule has 0 bridgehead atoms. The lowest BCUT2D eigenvalue weighted by atomic mass is 10.1. The Morgan fingerprint density at radius 2 is 1.78 bits per heavy atom. The molecule has 0 aliphatic rings. The van der Waals surface area contributed by atoms with Crippen LogP contribution in [0.1, 0.15) is 18.1 Å². The van der Waals surface area contributed by atoms with Gasteiger partial charge in [-0.3, -0.25) is 0 Å². The summed E-state index contributed by atoms with van der Waals surface area (Å²) < 4.78 is 27.3. The van der Waals surface area contributed by atoms with Crippen molar-refractivity contribution in [2.75, 3.05) is 19.1 Å². The van der Waals surface area contributed by atoms with Crippen LogP contribution in [0, 0.1) is 0 Å². The summed E-state index contributed by atoms with van der Waals surface area (Å²) in [5.41, 5.74) is 2.26. The Morgan fingerprint density at radius 3 is 2.28 bits per heavy atom. The summed E-state index contributed by atoms with van der Waals surface area (Å²) in [7, 11) is -1.25. The fourth-order valence-corrected chi connectivity index (χ4v) is 2.75. The van der Waals surface area contributed by atoms with E-state index in [2.05, 4.69) is 5.32 Å². The Morgan fingerprint density at radius 1 is 1.22 bits per heavy atom. The van der Waals surface area contributed by atoms with Crippen LogP contribution < -0.4 is 5.32 Å². The van der Waals surface area contributed by atoms with E-state index in [-0.39, 0.29) is 11.8 Å². The second-order valence-corrected chi connectivity index (χ2v) is 6.81. The first-order valence-electron chi connectivity index (χ1n) is 5.88. The van der Waals surface area contributed by atoms with Gasteiger partial charge in [0.1, 0.15) is 9.84 Å². The number of benzene rings is 1. The van der Waals surface area contributed by atoms with Crippen LogP contribution in [0.15, 0.2) is 24.3 Å². The summed E-state index contributed by atoms with van der Waals surface area (Å²) in [4.78, 5) is 0. The van der Waals surface area contributed by atoms with Gasteiger partial charge < -0.3 is 10.1 Å². The quantitative estimate of drug-likeness (QED) is 0.813. The fraction of sp³-hybridized carbons (Fsp3) is 0.538. The minimum absolute atomic E-state index is 0.0429. The van der Waals surface area contributed by atoms with Crippen molar-refractivity contribution in [2.24, 2.45) is 0 Å². The van der Waals surface area contributed by atoms with Crippen molar-refractivity contribution in [1.82, 2.24) is 5.32 Å². The van der Waals surface area contributed by atoms with Gasteiger partial charge in [0.2, 0.25) is 0 Å². The Balaban J connectivity index is 2.43. The zero-order valence-electron chi connectivity index (χ0n) is 11.1. The molecule has 1 N–H and O–H groups in total. The smallest absolute Gasteiger partial charge is 0.148 e. The molecule has 1 unspecified atom stereocenters. The molecule has 4 nitrogen and oxygen atoms in total. The predicted molar refractivity (Wildman–Crippen MR) is 73.2 cm³/mol. The Kier molecular flexibility index (Phi) is 5.78. The zero-order chi connectivity index (χ0) is 13.6. The van der Waals surface area contributed by atoms with Crippen molar-refractivity contribution < 1.29 is 13.2 Å². The molecule has 0 aliphatic carbocycles. The first kappa shape index (κ1) is 15.1. The Bertz CT molecular complexity index is 454. The third-order valence-corrected chi connectivity index (χ3v) is 3.65. The molecule has 1 aromatic rings. The van der Waals surface area contributed by atoms with Crippen LogP contribution in [-0.2, 0) is 27.7 Å². The normalized spacial score (nSPS) is 13.5. The minimum Gasteiger partial charge on any atom is -0.380 e. The number of rotatable bonds is 7. The van der Waals surface area contributed by atoms with E-state index in [9.17, 15) is 8.42 Å². The highest BCUT2D eigenvalue weighted by Crippen LogP contribution is 2.05. The molecule has 0 fully saturated rings. The van der Waals surface area contributed by atoms with Crippen LogP contribution in [0.25, 0.3) is 0 Å². The summed E-state index contributed by atoms with van der Waals surface area (Å²) in [5.74, 6) is 0.161. The molecule has 1 atom stereocenters. The van der Waals surface area contributed by atoms with Gasteiger partial charge in [0, 0.05) is 26.0 Å². The number of ether oxygens (including phenoxy) is 1. The first-order valence-corrected chi connectivity index (χ1v) is 7.94. The van der Waals surface area contributed by atoms with Crippen molar-refractivity contribution in [3.63, 3.8) is 0 Å². The molecule has 0 aliphatic heterocycles. The van der Waals surface area contributed by atoms with E-state index in [1.165, 1.54) is 6.26 Å². The molecule has 1 rings (SSSR count). The molecule has 18 heavy (non-hydrogen) atoms. The maximum absolute atomic E-state index is 11.1. The largest absolute Gasteiger partial charge is 0.380 e. The highest BCUT2D eigenvalue weighted by molar-refractivity contribution is 7.90. The third-order valence-electron chi connectivity index (χ3n) is 2.54. The summed E-state index contributed by atoms with van der Waals surface area (Å²) in [6, 6.07) is 8.03. The van der Waals surface area contributed by atoms with Crippen LogP contribution >= 0.6 is 0 Å². The lowest BCUT2D eigenvalue weighted by Crippen LogP contribution is -2.32. The van der Waals surface area contributed by atoms with Gasteiger partial charge in [-0.2, -0.15) is 0 Å². The lowest BCUT2D eigenvalue weighted by molar-refractivity contribution is 0.185. The van der Waals surface area contributed by atoms with E-state index >= 15 is 0 Å². The third kappa shape index (κ3) is 6.14. The van der Waals surface area contributed by atoms with Gasteiger partial charge in [0.25, 0.3) is 0 Å². The first-order chi connectivity index (χ1) is 8.40. The second-order valence-electron chi connectivity index (χ2n) is 4.62. The minimum atomic E-state index is -2.92. The van der Waals surface area contributed by atoms with E-state index in [1.54, 1.807) is 7.11 Å². The van der Waals surface area contributed by atoms with Gasteiger partial charge in [-0.15, -0.1) is 0 Å². The van der Waals surface area contributed by atoms with Gasteiger partial charge in [0.15, 0.2) is 0 Å². The number of hydrogen-bond acceptors (Lipinski definition) is 4. The molecule has 1 aromatic carbocycles. The van der Waals surface area contributed by atoms with Crippen LogP contribution in [0.2, 0.25) is 0 Å². The summed E-state index contributed by atoms with van der Waals surface area (Å²) in [6.07, 6.45) is 1.25. The molecule has 0 aromatic heterocycles. The van der Waals surface area contributed by atoms with E-state index in [0.29, 0.717) is 13.2 Å². The second kappa shape index (κ2) is 6.87. The molecule has 5 heteroatoms. The lowest BCUT2D eigenvalue weighted by Gasteiger charge is -2.12. The van der Waals surface area contributed by atoms with Crippen LogP contribution in [-0.4, -0.2) is 33.6 Å². The fourth-order valence-electron chi connectivity index (χ4n) is 1.73. The monoisotopic (exact) mass is 271 g/mol. The maximum Gasteiger partial charge on any atom is 0.148 e. The Hall–Kier alpha value is -0.910. The van der Waals surface area contributed by atoms with Gasteiger partial charge >= 0.3 is 0 Å². The summed E-state index contributed by atoms with van der Waals surface area (Å²) >= 11 is 0. The zero-order valence-corrected chi connectivity index (χ0v) is 12.0. The highest BCUT2D eigenvalue weighted by Gasteiger charge is 2.09. The maximum atomic E-state index is 11.1. The van der Waals surface area contributed by atoms with Crippen molar-refractivity contribution in [1.29, 1.82) is 0 Å². The molecule has 0 radical (unpaired) electrons. The number of hydrogen-bond donors (Lipinski definition) is 1. The molecular weight excluding hydrogens is 250 g/mol. The van der Waals surface area contributed by atoms with Gasteiger partial charge in [0.05, 0.1) is 12.4 Å². The van der Waals surface area contributed by atoms with E-state index in [4.69, 9.17) is 4.74 Å². The predicted octanol–water partition coefficient (Wildman–Crippen LogP) is 1.36.